The summed E-state index contributed by atoms with van der Waals surface area (Å²) in [5, 5.41) is 12.7. The molecule has 2 aliphatic carbocycles. The van der Waals surface area contributed by atoms with E-state index >= 15 is 0 Å². The summed E-state index contributed by atoms with van der Waals surface area (Å²) in [4.78, 5) is 3.49. The van der Waals surface area contributed by atoms with E-state index in [-0.39, 0.29) is 0 Å². The number of rotatable bonds is 2. The van der Waals surface area contributed by atoms with E-state index in [1.165, 1.54) is 16.5 Å². The van der Waals surface area contributed by atoms with Crippen molar-refractivity contribution in [2.24, 2.45) is 5.92 Å². The molecule has 0 spiro atoms. The Kier molecular flexibility index (Phi) is 3.54. The van der Waals surface area contributed by atoms with Crippen molar-refractivity contribution < 1.29 is 5.11 Å². The SMILES string of the molecule is C=C(C)[C@@H]1CC=C(C2(O)CCc3c([nH]c4ccccc34)C2=C)CC1. The van der Waals surface area contributed by atoms with Crippen molar-refractivity contribution in [2.45, 2.75) is 44.6 Å². The number of aryl methyl sites for hydroxylation is 1. The zero-order valence-corrected chi connectivity index (χ0v) is 14.4. The minimum Gasteiger partial charge on any atom is -0.381 e. The number of nitrogens with one attached hydrogen (secondary N) is 1. The first-order valence-electron chi connectivity index (χ1n) is 8.87. The van der Waals surface area contributed by atoms with E-state index < -0.39 is 5.60 Å². The molecule has 2 aliphatic rings. The number of aromatic nitrogens is 1. The molecule has 1 aromatic carbocycles. The minimum atomic E-state index is -0.895. The summed E-state index contributed by atoms with van der Waals surface area (Å²) in [6.07, 6.45) is 6.85. The second-order valence-corrected chi connectivity index (χ2v) is 7.41. The van der Waals surface area contributed by atoms with Crippen LogP contribution >= 0.6 is 0 Å². The summed E-state index contributed by atoms with van der Waals surface area (Å²) in [6.45, 7) is 10.5. The van der Waals surface area contributed by atoms with Crippen LogP contribution in [-0.2, 0) is 6.42 Å². The van der Waals surface area contributed by atoms with Gasteiger partial charge in [0.2, 0.25) is 0 Å². The number of hydrogen-bond donors (Lipinski definition) is 2. The molecule has 2 aromatic rings. The molecule has 2 atom stereocenters. The van der Waals surface area contributed by atoms with Crippen molar-refractivity contribution >= 4 is 16.5 Å². The maximum absolute atomic E-state index is 11.5. The Bertz CT molecular complexity index is 869. The van der Waals surface area contributed by atoms with E-state index in [4.69, 9.17) is 0 Å². The Labute approximate surface area is 143 Å². The molecular formula is C22H25NO. The first kappa shape index (κ1) is 15.5. The molecule has 0 bridgehead atoms. The summed E-state index contributed by atoms with van der Waals surface area (Å²) in [6, 6.07) is 8.36. The Hall–Kier alpha value is -2.06. The standard InChI is InChI=1S/C22H25NO/c1-14(2)16-8-10-17(11-9-16)22(24)13-12-19-18-6-4-5-7-20(18)23-21(19)15(22)3/h4-7,10,16,23-24H,1,3,8-9,11-13H2,2H3/t16-,22?/m1/s1. The van der Waals surface area contributed by atoms with Gasteiger partial charge >= 0.3 is 0 Å². The number of allylic oxidation sites excluding steroid dienone is 2. The number of aliphatic hydroxyl groups is 1. The number of benzene rings is 1. The van der Waals surface area contributed by atoms with Crippen LogP contribution in [0.1, 0.15) is 43.9 Å². The third kappa shape index (κ3) is 2.21. The maximum Gasteiger partial charge on any atom is 0.112 e. The van der Waals surface area contributed by atoms with Crippen LogP contribution in [0.3, 0.4) is 0 Å². The summed E-state index contributed by atoms with van der Waals surface area (Å²) in [5.41, 5.74) is 5.80. The largest absolute Gasteiger partial charge is 0.381 e. The average Bonchev–Trinajstić information content (AvgIpc) is 2.98. The van der Waals surface area contributed by atoms with Crippen LogP contribution in [0, 0.1) is 5.92 Å². The van der Waals surface area contributed by atoms with Crippen LogP contribution in [0.2, 0.25) is 0 Å². The van der Waals surface area contributed by atoms with Crippen LogP contribution in [0.15, 0.2) is 54.6 Å². The summed E-state index contributed by atoms with van der Waals surface area (Å²) < 4.78 is 0. The molecule has 2 N–H and O–H groups in total. The predicted octanol–water partition coefficient (Wildman–Crippen LogP) is 5.16. The van der Waals surface area contributed by atoms with E-state index in [0.717, 1.165) is 54.5 Å². The van der Waals surface area contributed by atoms with E-state index in [2.05, 4.69) is 49.3 Å². The lowest BCUT2D eigenvalue weighted by Crippen LogP contribution is -2.37. The number of hydrogen-bond acceptors (Lipinski definition) is 1. The van der Waals surface area contributed by atoms with Gasteiger partial charge in [0.25, 0.3) is 0 Å². The van der Waals surface area contributed by atoms with E-state index in [1.54, 1.807) is 0 Å². The van der Waals surface area contributed by atoms with Gasteiger partial charge in [-0.25, -0.2) is 0 Å². The number of aromatic amines is 1. The van der Waals surface area contributed by atoms with Gasteiger partial charge in [-0.05, 0) is 62.1 Å². The van der Waals surface area contributed by atoms with Gasteiger partial charge in [-0.15, -0.1) is 0 Å². The van der Waals surface area contributed by atoms with Crippen LogP contribution in [0.4, 0.5) is 0 Å². The molecule has 4 rings (SSSR count). The van der Waals surface area contributed by atoms with E-state index in [0.29, 0.717) is 5.92 Å². The Morgan fingerprint density at radius 1 is 1.29 bits per heavy atom. The van der Waals surface area contributed by atoms with Gasteiger partial charge in [-0.1, -0.05) is 43.0 Å². The summed E-state index contributed by atoms with van der Waals surface area (Å²) >= 11 is 0. The van der Waals surface area contributed by atoms with Gasteiger partial charge in [0.05, 0.1) is 0 Å². The summed E-state index contributed by atoms with van der Waals surface area (Å²) in [5.74, 6) is 0.554. The van der Waals surface area contributed by atoms with Crippen molar-refractivity contribution in [3.63, 3.8) is 0 Å². The lowest BCUT2D eigenvalue weighted by molar-refractivity contribution is 0.120. The summed E-state index contributed by atoms with van der Waals surface area (Å²) in [7, 11) is 0. The lowest BCUT2D eigenvalue weighted by Gasteiger charge is -2.39. The fourth-order valence-corrected chi connectivity index (χ4v) is 4.39. The second kappa shape index (κ2) is 5.49. The van der Waals surface area contributed by atoms with E-state index in [1.807, 2.05) is 6.07 Å². The minimum absolute atomic E-state index is 0.554. The quantitative estimate of drug-likeness (QED) is 0.737. The Morgan fingerprint density at radius 2 is 2.08 bits per heavy atom. The third-order valence-electron chi connectivity index (χ3n) is 5.99. The highest BCUT2D eigenvalue weighted by Gasteiger charge is 2.41. The Morgan fingerprint density at radius 3 is 2.79 bits per heavy atom. The molecule has 0 aliphatic heterocycles. The highest BCUT2D eigenvalue weighted by Crippen LogP contribution is 2.47. The van der Waals surface area contributed by atoms with Crippen molar-refractivity contribution in [1.29, 1.82) is 0 Å². The van der Waals surface area contributed by atoms with Crippen molar-refractivity contribution in [3.8, 4) is 0 Å². The number of H-pyrrole nitrogens is 1. The first-order valence-corrected chi connectivity index (χ1v) is 8.87. The highest BCUT2D eigenvalue weighted by molar-refractivity contribution is 5.91. The molecule has 2 nitrogen and oxygen atoms in total. The molecule has 1 heterocycles. The first-order chi connectivity index (χ1) is 11.5. The van der Waals surface area contributed by atoms with E-state index in [9.17, 15) is 5.11 Å². The molecule has 0 fully saturated rings. The van der Waals surface area contributed by atoms with Crippen LogP contribution in [0.25, 0.3) is 16.5 Å². The molecule has 1 aromatic heterocycles. The predicted molar refractivity (Wildman–Crippen MR) is 101 cm³/mol. The van der Waals surface area contributed by atoms with Crippen molar-refractivity contribution in [3.05, 3.63) is 65.9 Å². The van der Waals surface area contributed by atoms with Crippen LogP contribution < -0.4 is 0 Å². The lowest BCUT2D eigenvalue weighted by atomic mass is 9.70. The smallest absolute Gasteiger partial charge is 0.112 e. The molecule has 124 valence electrons. The fraction of sp³-hybridized carbons (Fsp3) is 0.364. The zero-order chi connectivity index (χ0) is 16.9. The maximum atomic E-state index is 11.5. The zero-order valence-electron chi connectivity index (χ0n) is 14.4. The highest BCUT2D eigenvalue weighted by atomic mass is 16.3. The monoisotopic (exact) mass is 319 g/mol. The van der Waals surface area contributed by atoms with Gasteiger partial charge in [0, 0.05) is 22.2 Å². The molecule has 2 heteroatoms. The molecule has 24 heavy (non-hydrogen) atoms. The number of para-hydroxylation sites is 1. The fourth-order valence-electron chi connectivity index (χ4n) is 4.39. The van der Waals surface area contributed by atoms with Crippen LogP contribution in [-0.4, -0.2) is 15.7 Å². The molecule has 0 saturated heterocycles. The molecular weight excluding hydrogens is 294 g/mol. The van der Waals surface area contributed by atoms with Gasteiger partial charge in [-0.2, -0.15) is 0 Å². The molecule has 0 amide bonds. The molecule has 0 radical (unpaired) electrons. The van der Waals surface area contributed by atoms with Gasteiger partial charge in [0.1, 0.15) is 5.60 Å². The van der Waals surface area contributed by atoms with Crippen LogP contribution in [0.5, 0.6) is 0 Å². The van der Waals surface area contributed by atoms with Crippen molar-refractivity contribution in [2.75, 3.05) is 0 Å². The number of fused-ring (bicyclic) bond motifs is 3. The Balaban J connectivity index is 1.71. The van der Waals surface area contributed by atoms with Crippen molar-refractivity contribution in [1.82, 2.24) is 4.98 Å². The topological polar surface area (TPSA) is 36.0 Å². The van der Waals surface area contributed by atoms with Gasteiger partial charge in [0.15, 0.2) is 0 Å². The normalized spacial score (nSPS) is 27.0. The average molecular weight is 319 g/mol. The second-order valence-electron chi connectivity index (χ2n) is 7.41. The van der Waals surface area contributed by atoms with Gasteiger partial charge < -0.3 is 10.1 Å². The molecule has 0 saturated carbocycles. The van der Waals surface area contributed by atoms with Gasteiger partial charge in [-0.3, -0.25) is 0 Å². The molecule has 1 unspecified atom stereocenters. The third-order valence-corrected chi connectivity index (χ3v) is 5.99.